The first-order valence-corrected chi connectivity index (χ1v) is 8.56. The van der Waals surface area contributed by atoms with Gasteiger partial charge in [-0.15, -0.1) is 18.1 Å². The molecule has 0 aromatic carbocycles. The molecular formula is C19H21ClF3N7Pt. The molecule has 0 spiro atoms. The monoisotopic (exact) mass is 634 g/mol. The van der Waals surface area contributed by atoms with Crippen molar-refractivity contribution in [3.8, 4) is 11.4 Å². The second-order valence-electron chi connectivity index (χ2n) is 6.15. The molecule has 1 N–H and O–H groups in total. The third-order valence-corrected chi connectivity index (χ3v) is 3.37. The Labute approximate surface area is 198 Å². The van der Waals surface area contributed by atoms with Gasteiger partial charge >= 0.3 is 27.2 Å². The molecule has 0 radical (unpaired) electrons. The van der Waals surface area contributed by atoms with Gasteiger partial charge < -0.3 is 20.4 Å². The number of hydrogen-bond acceptors (Lipinski definition) is 4. The molecule has 170 valence electrons. The van der Waals surface area contributed by atoms with E-state index in [4.69, 9.17) is 0 Å². The molecule has 0 saturated carbocycles. The van der Waals surface area contributed by atoms with Crippen molar-refractivity contribution in [1.29, 1.82) is 0 Å². The molecular weight excluding hydrogens is 614 g/mol. The van der Waals surface area contributed by atoms with E-state index in [0.29, 0.717) is 5.69 Å². The molecule has 4 heterocycles. The molecule has 31 heavy (non-hydrogen) atoms. The van der Waals surface area contributed by atoms with E-state index in [1.54, 1.807) is 18.2 Å². The second-order valence-corrected chi connectivity index (χ2v) is 6.15. The standard InChI is InChI=1S/C9H5F3N3.C5H8N2.C5H7N2.ClH.Pt/c10-9(11,12)8-5-7(14-15-8)6-3-1-2-4-13-6;2*1-4-3-5(2)7-6-4;;/h1-5H;3H,1-2H3,(H,6,7);3H,1-2H3;1H;/q-1;;-1;;+2. The van der Waals surface area contributed by atoms with Gasteiger partial charge in [0, 0.05) is 23.3 Å². The Bertz CT molecular complexity index is 942. The molecule has 12 heteroatoms. The van der Waals surface area contributed by atoms with Gasteiger partial charge in [-0.05, 0) is 45.0 Å². The van der Waals surface area contributed by atoms with Crippen LogP contribution >= 0.6 is 12.4 Å². The molecule has 0 aliphatic carbocycles. The van der Waals surface area contributed by atoms with Crippen LogP contribution < -0.4 is 10.2 Å². The molecule has 0 unspecified atom stereocenters. The zero-order chi connectivity index (χ0) is 21.4. The number of H-pyrrole nitrogens is 1. The van der Waals surface area contributed by atoms with Crippen LogP contribution in [0.2, 0.25) is 0 Å². The predicted octanol–water partition coefficient (Wildman–Crippen LogP) is 4.22. The number of aromatic nitrogens is 7. The molecule has 4 rings (SSSR count). The number of rotatable bonds is 1. The first-order chi connectivity index (χ1) is 13.6. The van der Waals surface area contributed by atoms with Gasteiger partial charge in [-0.3, -0.25) is 10.1 Å². The molecule has 0 aliphatic rings. The molecule has 0 amide bonds. The maximum atomic E-state index is 12.2. The quantitative estimate of drug-likeness (QED) is 0.337. The van der Waals surface area contributed by atoms with E-state index in [-0.39, 0.29) is 39.2 Å². The van der Waals surface area contributed by atoms with Gasteiger partial charge in [0.25, 0.3) is 0 Å². The number of aryl methyl sites for hydroxylation is 4. The Kier molecular flexibility index (Phi) is 12.0. The molecule has 0 atom stereocenters. The maximum Gasteiger partial charge on any atom is 2.00 e. The van der Waals surface area contributed by atoms with Gasteiger partial charge in [0.15, 0.2) is 0 Å². The minimum Gasteiger partial charge on any atom is -0.579 e. The van der Waals surface area contributed by atoms with Crippen LogP contribution in [0.15, 0.2) is 42.6 Å². The van der Waals surface area contributed by atoms with Gasteiger partial charge in [-0.2, -0.15) is 18.3 Å². The fourth-order valence-electron chi connectivity index (χ4n) is 2.14. The van der Waals surface area contributed by atoms with Crippen LogP contribution in [0.25, 0.3) is 11.4 Å². The summed E-state index contributed by atoms with van der Waals surface area (Å²) in [6.45, 7) is 7.81. The molecule has 7 nitrogen and oxygen atoms in total. The molecule has 4 aromatic heterocycles. The van der Waals surface area contributed by atoms with Gasteiger partial charge in [-0.25, -0.2) is 0 Å². The van der Waals surface area contributed by atoms with Crippen molar-refractivity contribution in [3.63, 3.8) is 0 Å². The number of aromatic amines is 1. The Morgan fingerprint density at radius 2 is 1.61 bits per heavy atom. The number of alkyl halides is 3. The maximum absolute atomic E-state index is 12.2. The Hall–Kier alpha value is -2.45. The minimum absolute atomic E-state index is 0. The normalized spacial score (nSPS) is 9.90. The smallest absolute Gasteiger partial charge is 0.579 e. The second kappa shape index (κ2) is 13.1. The number of hydrogen-bond donors (Lipinski definition) is 1. The SMILES string of the molecule is Cc1cc(C)[n-]n1.Cc1cc(C)[nH]n1.Cl.FC(F)(F)c1cc(-c2ccccn2)[n-]n1.[Pt+2]. The van der Waals surface area contributed by atoms with Crippen molar-refractivity contribution < 1.29 is 34.2 Å². The van der Waals surface area contributed by atoms with E-state index < -0.39 is 11.9 Å². The van der Waals surface area contributed by atoms with E-state index in [1.165, 1.54) is 6.20 Å². The molecule has 0 saturated heterocycles. The summed E-state index contributed by atoms with van der Waals surface area (Å²) in [5.41, 5.74) is 3.68. The summed E-state index contributed by atoms with van der Waals surface area (Å²) in [5.74, 6) is 0. The Balaban J connectivity index is 0.000000475. The van der Waals surface area contributed by atoms with E-state index in [2.05, 4.69) is 35.6 Å². The Morgan fingerprint density at radius 1 is 0.903 bits per heavy atom. The third-order valence-electron chi connectivity index (χ3n) is 3.37. The summed E-state index contributed by atoms with van der Waals surface area (Å²) in [6.07, 6.45) is -2.97. The predicted molar refractivity (Wildman–Crippen MR) is 108 cm³/mol. The zero-order valence-electron chi connectivity index (χ0n) is 17.1. The molecule has 0 bridgehead atoms. The van der Waals surface area contributed by atoms with Crippen molar-refractivity contribution >= 4 is 12.4 Å². The number of nitrogens with one attached hydrogen (secondary N) is 1. The minimum atomic E-state index is -4.46. The molecule has 0 fully saturated rings. The van der Waals surface area contributed by atoms with Crippen molar-refractivity contribution in [3.05, 3.63) is 71.1 Å². The summed E-state index contributed by atoms with van der Waals surface area (Å²) >= 11 is 0. The van der Waals surface area contributed by atoms with Crippen LogP contribution in [0.4, 0.5) is 13.2 Å². The topological polar surface area (TPSA) is 95.5 Å². The largest absolute Gasteiger partial charge is 2.00 e. The summed E-state index contributed by atoms with van der Waals surface area (Å²) in [6, 6.07) is 9.74. The molecule has 4 aromatic rings. The van der Waals surface area contributed by atoms with E-state index >= 15 is 0 Å². The summed E-state index contributed by atoms with van der Waals surface area (Å²) in [4.78, 5) is 3.87. The third kappa shape index (κ3) is 9.93. The first-order valence-electron chi connectivity index (χ1n) is 8.56. The van der Waals surface area contributed by atoms with Crippen molar-refractivity contribution in [2.24, 2.45) is 0 Å². The van der Waals surface area contributed by atoms with Crippen LogP contribution in [-0.2, 0) is 27.2 Å². The van der Waals surface area contributed by atoms with Gasteiger partial charge in [0.1, 0.15) is 5.69 Å². The summed E-state index contributed by atoms with van der Waals surface area (Å²) in [5, 5.41) is 20.7. The van der Waals surface area contributed by atoms with Crippen LogP contribution in [0.1, 0.15) is 28.5 Å². The van der Waals surface area contributed by atoms with Crippen LogP contribution in [0, 0.1) is 27.7 Å². The summed E-state index contributed by atoms with van der Waals surface area (Å²) < 4.78 is 36.6. The fraction of sp³-hybridized carbons (Fsp3) is 0.263. The summed E-state index contributed by atoms with van der Waals surface area (Å²) in [7, 11) is 0. The fourth-order valence-corrected chi connectivity index (χ4v) is 2.14. The first kappa shape index (κ1) is 28.5. The van der Waals surface area contributed by atoms with E-state index in [9.17, 15) is 13.2 Å². The average molecular weight is 635 g/mol. The van der Waals surface area contributed by atoms with Crippen molar-refractivity contribution in [2.75, 3.05) is 0 Å². The number of pyridine rings is 1. The van der Waals surface area contributed by atoms with E-state index in [1.807, 2.05) is 39.8 Å². The molecule has 0 aliphatic heterocycles. The van der Waals surface area contributed by atoms with E-state index in [0.717, 1.165) is 28.8 Å². The van der Waals surface area contributed by atoms with Crippen LogP contribution in [-0.4, -0.2) is 25.4 Å². The van der Waals surface area contributed by atoms with Crippen molar-refractivity contribution in [2.45, 2.75) is 33.9 Å². The van der Waals surface area contributed by atoms with Gasteiger partial charge in [0.05, 0.1) is 5.69 Å². The number of nitrogens with zero attached hydrogens (tertiary/aromatic N) is 6. The average Bonchev–Trinajstić information content (AvgIpc) is 3.38. The van der Waals surface area contributed by atoms with Gasteiger partial charge in [0.2, 0.25) is 0 Å². The van der Waals surface area contributed by atoms with Crippen molar-refractivity contribution in [1.82, 2.24) is 35.6 Å². The van der Waals surface area contributed by atoms with Crippen LogP contribution in [0.5, 0.6) is 0 Å². The number of halogens is 4. The van der Waals surface area contributed by atoms with Gasteiger partial charge in [-0.1, -0.05) is 24.8 Å². The van der Waals surface area contributed by atoms with Crippen LogP contribution in [0.3, 0.4) is 0 Å². The zero-order valence-corrected chi connectivity index (χ0v) is 20.2. The Morgan fingerprint density at radius 3 is 1.94 bits per heavy atom.